The molecule has 6 nitrogen and oxygen atoms in total. The first-order valence-electron chi connectivity index (χ1n) is 7.38. The van der Waals surface area contributed by atoms with Crippen molar-refractivity contribution in [2.24, 2.45) is 0 Å². The lowest BCUT2D eigenvalue weighted by molar-refractivity contribution is -0.153. The van der Waals surface area contributed by atoms with Gasteiger partial charge in [0.25, 0.3) is 0 Å². The Bertz CT molecular complexity index is 581. The van der Waals surface area contributed by atoms with Crippen molar-refractivity contribution in [3.05, 3.63) is 23.9 Å². The molecule has 1 aromatic heterocycles. The maximum atomic E-state index is 12.5. The molecule has 0 radical (unpaired) electrons. The molecule has 0 aliphatic heterocycles. The Morgan fingerprint density at radius 1 is 1.21 bits per heavy atom. The average molecular weight is 346 g/mol. The summed E-state index contributed by atoms with van der Waals surface area (Å²) >= 11 is 0. The summed E-state index contributed by atoms with van der Waals surface area (Å²) in [5.74, 6) is -1.60. The number of nitrogens with zero attached hydrogens (tertiary/aromatic N) is 1. The van der Waals surface area contributed by atoms with Crippen molar-refractivity contribution >= 4 is 11.9 Å². The van der Waals surface area contributed by atoms with Crippen LogP contribution in [0, 0.1) is 0 Å². The molecule has 0 saturated heterocycles. The van der Waals surface area contributed by atoms with E-state index in [1.54, 1.807) is 0 Å². The number of methoxy groups -OCH3 is 1. The fraction of sp³-hybridized carbons (Fsp3) is 0.533. The molecule has 0 bridgehead atoms. The smallest absolute Gasteiger partial charge is 0.417 e. The predicted octanol–water partition coefficient (Wildman–Crippen LogP) is 2.08. The Balaban J connectivity index is 1.81. The van der Waals surface area contributed by atoms with Gasteiger partial charge in [0.15, 0.2) is 0 Å². The zero-order valence-corrected chi connectivity index (χ0v) is 12.9. The van der Waals surface area contributed by atoms with Gasteiger partial charge >= 0.3 is 18.1 Å². The zero-order valence-electron chi connectivity index (χ0n) is 12.9. The topological polar surface area (TPSA) is 77.5 Å². The minimum Gasteiger partial charge on any atom is -0.474 e. The number of pyridine rings is 1. The molecule has 0 spiro atoms. The standard InChI is InChI=1S/C15H17F3N2O4/c1-23-14(22)13(21)20-10-3-5-11(6-4-10)24-12-7-2-9(8-19-12)15(16,17)18/h2,7-8,10-11H,3-6H2,1H3,(H,20,21). The van der Waals surface area contributed by atoms with E-state index in [1.807, 2.05) is 0 Å². The maximum Gasteiger partial charge on any atom is 0.417 e. The van der Waals surface area contributed by atoms with E-state index < -0.39 is 23.6 Å². The number of esters is 1. The third-order valence-electron chi connectivity index (χ3n) is 3.73. The number of carbonyl (C=O) groups is 2. The Labute approximate surface area is 136 Å². The Kier molecular flexibility index (Phi) is 5.63. The van der Waals surface area contributed by atoms with Crippen LogP contribution in [0.2, 0.25) is 0 Å². The molecular formula is C15H17F3N2O4. The number of hydrogen-bond donors (Lipinski definition) is 1. The van der Waals surface area contributed by atoms with Crippen LogP contribution in [0.4, 0.5) is 13.2 Å². The van der Waals surface area contributed by atoms with E-state index in [1.165, 1.54) is 6.07 Å². The van der Waals surface area contributed by atoms with E-state index in [4.69, 9.17) is 4.74 Å². The number of nitrogens with one attached hydrogen (secondary N) is 1. The van der Waals surface area contributed by atoms with Crippen LogP contribution in [0.5, 0.6) is 5.88 Å². The van der Waals surface area contributed by atoms with Crippen molar-refractivity contribution in [3.63, 3.8) is 0 Å². The first-order chi connectivity index (χ1) is 11.3. The fourth-order valence-corrected chi connectivity index (χ4v) is 2.45. The van der Waals surface area contributed by atoms with Crippen molar-refractivity contribution in [1.82, 2.24) is 10.3 Å². The highest BCUT2D eigenvalue weighted by Crippen LogP contribution is 2.30. The third-order valence-corrected chi connectivity index (χ3v) is 3.73. The number of carbonyl (C=O) groups excluding carboxylic acids is 2. The van der Waals surface area contributed by atoms with Gasteiger partial charge in [0.05, 0.1) is 12.7 Å². The molecule has 9 heteroatoms. The van der Waals surface area contributed by atoms with Crippen LogP contribution in [0.1, 0.15) is 31.2 Å². The van der Waals surface area contributed by atoms with Gasteiger partial charge in [-0.1, -0.05) is 0 Å². The quantitative estimate of drug-likeness (QED) is 0.670. The zero-order chi connectivity index (χ0) is 17.7. The van der Waals surface area contributed by atoms with Gasteiger partial charge in [-0.2, -0.15) is 13.2 Å². The van der Waals surface area contributed by atoms with Crippen LogP contribution >= 0.6 is 0 Å². The molecule has 0 unspecified atom stereocenters. The van der Waals surface area contributed by atoms with Crippen molar-refractivity contribution < 1.29 is 32.2 Å². The monoisotopic (exact) mass is 346 g/mol. The molecule has 1 aliphatic carbocycles. The summed E-state index contributed by atoms with van der Waals surface area (Å²) in [5.41, 5.74) is -0.830. The minimum absolute atomic E-state index is 0.130. The van der Waals surface area contributed by atoms with Crippen molar-refractivity contribution in [2.45, 2.75) is 44.0 Å². The van der Waals surface area contributed by atoms with E-state index in [2.05, 4.69) is 15.0 Å². The predicted molar refractivity (Wildman–Crippen MR) is 76.1 cm³/mol. The van der Waals surface area contributed by atoms with Crippen molar-refractivity contribution in [1.29, 1.82) is 0 Å². The summed E-state index contributed by atoms with van der Waals surface area (Å²) in [6.07, 6.45) is -1.52. The van der Waals surface area contributed by atoms with E-state index in [-0.39, 0.29) is 18.0 Å². The van der Waals surface area contributed by atoms with Gasteiger partial charge in [0.2, 0.25) is 5.88 Å². The number of hydrogen-bond acceptors (Lipinski definition) is 5. The van der Waals surface area contributed by atoms with Crippen molar-refractivity contribution in [3.8, 4) is 5.88 Å². The van der Waals surface area contributed by atoms with Crippen LogP contribution < -0.4 is 10.1 Å². The first-order valence-corrected chi connectivity index (χ1v) is 7.38. The molecule has 1 saturated carbocycles. The summed E-state index contributed by atoms with van der Waals surface area (Å²) in [6, 6.07) is 1.95. The van der Waals surface area contributed by atoms with Gasteiger partial charge in [-0.3, -0.25) is 4.79 Å². The molecular weight excluding hydrogens is 329 g/mol. The molecule has 24 heavy (non-hydrogen) atoms. The van der Waals surface area contributed by atoms with Gasteiger partial charge in [-0.15, -0.1) is 0 Å². The highest BCUT2D eigenvalue weighted by atomic mass is 19.4. The van der Waals surface area contributed by atoms with E-state index in [0.717, 1.165) is 19.4 Å². The SMILES string of the molecule is COC(=O)C(=O)NC1CCC(Oc2ccc(C(F)(F)F)cn2)CC1. The Hall–Kier alpha value is -2.32. The lowest BCUT2D eigenvalue weighted by atomic mass is 9.93. The van der Waals surface area contributed by atoms with Gasteiger partial charge < -0.3 is 14.8 Å². The largest absolute Gasteiger partial charge is 0.474 e. The highest BCUT2D eigenvalue weighted by Gasteiger charge is 2.31. The maximum absolute atomic E-state index is 12.5. The summed E-state index contributed by atoms with van der Waals surface area (Å²) < 4.78 is 47.3. The average Bonchev–Trinajstić information content (AvgIpc) is 2.55. The van der Waals surface area contributed by atoms with E-state index in [9.17, 15) is 22.8 Å². The number of amides is 1. The van der Waals surface area contributed by atoms with Gasteiger partial charge in [-0.25, -0.2) is 9.78 Å². The number of aromatic nitrogens is 1. The van der Waals surface area contributed by atoms with Crippen molar-refractivity contribution in [2.75, 3.05) is 7.11 Å². The van der Waals surface area contributed by atoms with E-state index in [0.29, 0.717) is 25.7 Å². The van der Waals surface area contributed by atoms with Crippen LogP contribution in [0.25, 0.3) is 0 Å². The molecule has 1 aliphatic rings. The number of halogens is 3. The molecule has 0 atom stereocenters. The third kappa shape index (κ3) is 4.84. The molecule has 0 aromatic carbocycles. The second-order valence-electron chi connectivity index (χ2n) is 5.44. The van der Waals surface area contributed by atoms with Crippen LogP contribution in [0.15, 0.2) is 18.3 Å². The molecule has 2 rings (SSSR count). The number of rotatable bonds is 3. The summed E-state index contributed by atoms with van der Waals surface area (Å²) in [5, 5.41) is 2.57. The normalized spacial score (nSPS) is 21.0. The number of alkyl halides is 3. The second kappa shape index (κ2) is 7.50. The molecule has 1 amide bonds. The fourth-order valence-electron chi connectivity index (χ4n) is 2.45. The van der Waals surface area contributed by atoms with Gasteiger partial charge in [0.1, 0.15) is 6.10 Å². The highest BCUT2D eigenvalue weighted by molar-refractivity contribution is 6.32. The van der Waals surface area contributed by atoms with Crippen LogP contribution in [-0.4, -0.2) is 36.1 Å². The summed E-state index contributed by atoms with van der Waals surface area (Å²) in [6.45, 7) is 0. The molecule has 1 aromatic rings. The lowest BCUT2D eigenvalue weighted by Crippen LogP contribution is -2.43. The molecule has 1 N–H and O–H groups in total. The van der Waals surface area contributed by atoms with E-state index >= 15 is 0 Å². The first kappa shape index (κ1) is 18.0. The summed E-state index contributed by atoms with van der Waals surface area (Å²) in [7, 11) is 1.13. The molecule has 132 valence electrons. The van der Waals surface area contributed by atoms with Crippen LogP contribution in [-0.2, 0) is 20.5 Å². The summed E-state index contributed by atoms with van der Waals surface area (Å²) in [4.78, 5) is 26.1. The Morgan fingerprint density at radius 2 is 1.88 bits per heavy atom. The second-order valence-corrected chi connectivity index (χ2v) is 5.44. The Morgan fingerprint density at radius 3 is 2.38 bits per heavy atom. The minimum atomic E-state index is -4.43. The van der Waals surface area contributed by atoms with Crippen LogP contribution in [0.3, 0.4) is 0 Å². The number of ether oxygens (including phenoxy) is 2. The van der Waals surface area contributed by atoms with Gasteiger partial charge in [-0.05, 0) is 31.7 Å². The molecule has 1 heterocycles. The van der Waals surface area contributed by atoms with Gasteiger partial charge in [0, 0.05) is 18.3 Å². The lowest BCUT2D eigenvalue weighted by Gasteiger charge is -2.28. The molecule has 1 fully saturated rings.